The van der Waals surface area contributed by atoms with Crippen LogP contribution in [0.4, 0.5) is 0 Å². The fourth-order valence-corrected chi connectivity index (χ4v) is 12.3. The molecule has 4 nitrogen and oxygen atoms in total. The van der Waals surface area contributed by atoms with E-state index in [1.807, 2.05) is 0 Å². The summed E-state index contributed by atoms with van der Waals surface area (Å²) >= 11 is 0. The van der Waals surface area contributed by atoms with Gasteiger partial charge < -0.3 is 4.42 Å². The van der Waals surface area contributed by atoms with Gasteiger partial charge in [-0.2, -0.15) is 9.13 Å². The average molecular weight is 784 g/mol. The summed E-state index contributed by atoms with van der Waals surface area (Å²) in [5.41, 5.74) is 18.2. The van der Waals surface area contributed by atoms with Gasteiger partial charge in [0.2, 0.25) is 5.69 Å². The summed E-state index contributed by atoms with van der Waals surface area (Å²) in [7, 11) is -1.67. The molecular weight excluding hydrogens is 735 g/mol. The maximum Gasteiger partial charge on any atom is 0.299 e. The van der Waals surface area contributed by atoms with Gasteiger partial charge in [0.1, 0.15) is 23.4 Å². The van der Waals surface area contributed by atoms with Crippen molar-refractivity contribution in [3.63, 3.8) is 0 Å². The number of allylic oxidation sites excluding steroid dienone is 1. The molecular formula is C54H49N3OSi+2. The lowest BCUT2D eigenvalue weighted by molar-refractivity contribution is -0.718. The van der Waals surface area contributed by atoms with Crippen LogP contribution < -0.4 is 14.3 Å². The van der Waals surface area contributed by atoms with Crippen LogP contribution in [0.2, 0.25) is 19.6 Å². The lowest BCUT2D eigenvalue weighted by Gasteiger charge is -2.33. The van der Waals surface area contributed by atoms with Crippen molar-refractivity contribution in [1.29, 1.82) is 0 Å². The van der Waals surface area contributed by atoms with Crippen molar-refractivity contribution in [2.24, 2.45) is 0 Å². The number of nitrogens with zero attached hydrogens (tertiary/aromatic N) is 3. The van der Waals surface area contributed by atoms with Crippen LogP contribution in [-0.2, 0) is 13.0 Å². The zero-order valence-electron chi connectivity index (χ0n) is 34.6. The van der Waals surface area contributed by atoms with Crippen LogP contribution in [-0.4, -0.2) is 12.6 Å². The standard InChI is InChI=1S/C54H49N3OSi/c1-34-23-26-41-45(29-34)43-27-24-38-25-28-44-42-19-10-13-22-49(42)58-53(44)51(38)54-56(32-36(3)52(43)55-33-50(59(4,5)6)35(2)30-48(41)55)46-20-11-12-21-47(46)57(54)40-18-14-17-39(31-40)37-15-8-7-9-16-37/h7-23,25-26,28-31,33,43,52H,3,24,27,32H2,1-2,4-6H3/q+2. The number of imidazole rings is 1. The van der Waals surface area contributed by atoms with Crippen molar-refractivity contribution >= 4 is 46.2 Å². The third-order valence-electron chi connectivity index (χ3n) is 13.1. The minimum atomic E-state index is -1.67. The number of hydrogen-bond acceptors (Lipinski definition) is 1. The number of para-hydroxylation sites is 3. The van der Waals surface area contributed by atoms with Crippen molar-refractivity contribution in [3.8, 4) is 39.5 Å². The summed E-state index contributed by atoms with van der Waals surface area (Å²) in [6.07, 6.45) is 4.40. The molecule has 59 heavy (non-hydrogen) atoms. The molecule has 0 amide bonds. The molecule has 0 fully saturated rings. The van der Waals surface area contributed by atoms with Crippen molar-refractivity contribution in [2.45, 2.75) is 64.8 Å². The number of hydrogen-bond donors (Lipinski definition) is 0. The second kappa shape index (κ2) is 13.4. The van der Waals surface area contributed by atoms with Crippen molar-refractivity contribution < 1.29 is 13.6 Å². The predicted octanol–water partition coefficient (Wildman–Crippen LogP) is 12.1. The third-order valence-corrected chi connectivity index (χ3v) is 15.3. The van der Waals surface area contributed by atoms with Crippen LogP contribution in [0.1, 0.15) is 40.6 Å². The van der Waals surface area contributed by atoms with Crippen LogP contribution in [0.25, 0.3) is 72.4 Å². The predicted molar refractivity (Wildman–Crippen MR) is 245 cm³/mol. The molecule has 0 aliphatic carbocycles. The summed E-state index contributed by atoms with van der Waals surface area (Å²) in [5, 5.41) is 3.80. The molecule has 2 aliphatic rings. The van der Waals surface area contributed by atoms with Crippen molar-refractivity contribution in [1.82, 2.24) is 4.57 Å². The number of aromatic nitrogens is 3. The van der Waals surface area contributed by atoms with Gasteiger partial charge in [0.15, 0.2) is 28.9 Å². The van der Waals surface area contributed by atoms with Gasteiger partial charge in [-0.15, -0.1) is 0 Å². The summed E-state index contributed by atoms with van der Waals surface area (Å²) in [6.45, 7) is 17.7. The number of furan rings is 1. The molecule has 9 aromatic rings. The van der Waals surface area contributed by atoms with E-state index in [9.17, 15) is 0 Å². The fraction of sp³-hybridized carbons (Fsp3) is 0.185. The Hall–Kier alpha value is -6.30. The molecule has 0 radical (unpaired) electrons. The van der Waals surface area contributed by atoms with Crippen molar-refractivity contribution in [2.75, 3.05) is 0 Å². The molecule has 2 aliphatic heterocycles. The van der Waals surface area contributed by atoms with Crippen LogP contribution in [0.3, 0.4) is 0 Å². The van der Waals surface area contributed by atoms with E-state index in [0.29, 0.717) is 6.54 Å². The second-order valence-electron chi connectivity index (χ2n) is 18.0. The van der Waals surface area contributed by atoms with Gasteiger partial charge in [-0.05, 0) is 90.9 Å². The van der Waals surface area contributed by atoms with E-state index in [1.165, 1.54) is 60.9 Å². The minimum absolute atomic E-state index is 0.0790. The van der Waals surface area contributed by atoms with Gasteiger partial charge in [-0.3, -0.25) is 0 Å². The van der Waals surface area contributed by atoms with E-state index in [0.717, 1.165) is 57.4 Å². The minimum Gasteiger partial charge on any atom is -0.455 e. The normalized spacial score (nSPS) is 16.4. The molecule has 6 aromatic carbocycles. The third kappa shape index (κ3) is 5.62. The monoisotopic (exact) mass is 783 g/mol. The Balaban J connectivity index is 1.23. The zero-order chi connectivity index (χ0) is 40.2. The maximum atomic E-state index is 7.01. The van der Waals surface area contributed by atoms with E-state index in [1.54, 1.807) is 0 Å². The molecule has 0 saturated carbocycles. The molecule has 3 aromatic heterocycles. The summed E-state index contributed by atoms with van der Waals surface area (Å²) in [5.74, 6) is 1.36. The highest BCUT2D eigenvalue weighted by atomic mass is 28.3. The molecule has 0 saturated heterocycles. The number of pyridine rings is 1. The SMILES string of the molecule is C=C1C[n+]2c(n(-c3cccc(-c4ccccc4)c3)c3ccccc32)-c2c(ccc3c2oc2ccccc23)CCC2c3cc(C)ccc3-c3cc(C)c([Si](C)(C)C)c[n+]3C12. The Kier molecular flexibility index (Phi) is 8.12. The topological polar surface area (TPSA) is 25.8 Å². The molecule has 5 heteroatoms. The first-order chi connectivity index (χ1) is 28.6. The first-order valence-corrected chi connectivity index (χ1v) is 24.6. The van der Waals surface area contributed by atoms with E-state index in [4.69, 9.17) is 11.0 Å². The Morgan fingerprint density at radius 1 is 0.746 bits per heavy atom. The molecule has 5 heterocycles. The highest BCUT2D eigenvalue weighted by molar-refractivity contribution is 6.88. The van der Waals surface area contributed by atoms with E-state index in [2.05, 4.69) is 193 Å². The molecule has 2 atom stereocenters. The van der Waals surface area contributed by atoms with Crippen LogP contribution in [0, 0.1) is 13.8 Å². The highest BCUT2D eigenvalue weighted by Crippen LogP contribution is 2.47. The largest absolute Gasteiger partial charge is 0.455 e. The number of fused-ring (bicyclic) bond motifs is 15. The van der Waals surface area contributed by atoms with E-state index >= 15 is 0 Å². The van der Waals surface area contributed by atoms with Crippen LogP contribution >= 0.6 is 0 Å². The Labute approximate surface area is 347 Å². The number of aryl methyl sites for hydroxylation is 3. The number of rotatable bonds is 3. The zero-order valence-corrected chi connectivity index (χ0v) is 35.6. The summed E-state index contributed by atoms with van der Waals surface area (Å²) in [4.78, 5) is 0. The Morgan fingerprint density at radius 2 is 1.53 bits per heavy atom. The molecule has 0 N–H and O–H groups in total. The fourth-order valence-electron chi connectivity index (χ4n) is 10.5. The maximum absolute atomic E-state index is 7.01. The quantitative estimate of drug-likeness (QED) is 0.0995. The van der Waals surface area contributed by atoms with Gasteiger partial charge in [0.25, 0.3) is 5.82 Å². The smallest absolute Gasteiger partial charge is 0.299 e. The van der Waals surface area contributed by atoms with Gasteiger partial charge >= 0.3 is 0 Å². The highest BCUT2D eigenvalue weighted by Gasteiger charge is 2.45. The lowest BCUT2D eigenvalue weighted by atomic mass is 9.76. The van der Waals surface area contributed by atoms with Gasteiger partial charge in [0, 0.05) is 33.2 Å². The number of benzene rings is 6. The lowest BCUT2D eigenvalue weighted by Crippen LogP contribution is -2.55. The van der Waals surface area contributed by atoms with E-state index < -0.39 is 8.07 Å². The second-order valence-corrected chi connectivity index (χ2v) is 23.0. The van der Waals surface area contributed by atoms with Crippen LogP contribution in [0.15, 0.2) is 162 Å². The molecule has 0 spiro atoms. The van der Waals surface area contributed by atoms with Gasteiger partial charge in [-0.1, -0.05) is 129 Å². The van der Waals surface area contributed by atoms with Gasteiger partial charge in [0.05, 0.1) is 14.0 Å². The van der Waals surface area contributed by atoms with Gasteiger partial charge in [-0.25, -0.2) is 4.57 Å². The first-order valence-electron chi connectivity index (χ1n) is 21.1. The molecule has 11 rings (SSSR count). The summed E-state index contributed by atoms with van der Waals surface area (Å²) < 4.78 is 14.7. The first kappa shape index (κ1) is 35.8. The molecule has 2 unspecified atom stereocenters. The Morgan fingerprint density at radius 3 is 2.37 bits per heavy atom. The summed E-state index contributed by atoms with van der Waals surface area (Å²) in [6, 6.07) is 51.5. The Bertz CT molecular complexity index is 3180. The van der Waals surface area contributed by atoms with Crippen LogP contribution in [0.5, 0.6) is 0 Å². The molecule has 0 bridgehead atoms. The average Bonchev–Trinajstić information content (AvgIpc) is 3.77. The van der Waals surface area contributed by atoms with Crippen molar-refractivity contribution in [3.05, 3.63) is 180 Å². The van der Waals surface area contributed by atoms with E-state index in [-0.39, 0.29) is 12.0 Å². The molecule has 288 valence electrons.